The van der Waals surface area contributed by atoms with Crippen LogP contribution >= 0.6 is 0 Å². The maximum Gasteiger partial charge on any atom is 0.135 e. The van der Waals surface area contributed by atoms with Crippen LogP contribution in [0.1, 0.15) is 19.4 Å². The van der Waals surface area contributed by atoms with Gasteiger partial charge < -0.3 is 24.5 Å². The molecule has 1 aliphatic heterocycles. The van der Waals surface area contributed by atoms with E-state index in [0.29, 0.717) is 23.3 Å². The molecule has 5 nitrogen and oxygen atoms in total. The van der Waals surface area contributed by atoms with E-state index in [0.717, 1.165) is 16.7 Å². The van der Waals surface area contributed by atoms with Crippen molar-refractivity contribution in [3.63, 3.8) is 0 Å². The monoisotopic (exact) mass is 326 g/mol. The number of rotatable bonds is 1. The number of hydrogen-bond donors (Lipinski definition) is 3. The van der Waals surface area contributed by atoms with Crippen molar-refractivity contribution >= 4 is 11.0 Å². The molecule has 0 fully saturated rings. The van der Waals surface area contributed by atoms with Crippen molar-refractivity contribution in [1.29, 1.82) is 0 Å². The normalized spacial score (nSPS) is 19.0. The Kier molecular flexibility index (Phi) is 3.05. The summed E-state index contributed by atoms with van der Waals surface area (Å²) in [6, 6.07) is 9.93. The van der Waals surface area contributed by atoms with E-state index in [9.17, 15) is 15.3 Å². The molecule has 0 radical (unpaired) electrons. The molecule has 0 bridgehead atoms. The molecule has 0 spiro atoms. The van der Waals surface area contributed by atoms with Crippen molar-refractivity contribution in [3.8, 4) is 28.6 Å². The highest BCUT2D eigenvalue weighted by Gasteiger charge is 2.36. The lowest BCUT2D eigenvalue weighted by Gasteiger charge is -2.36. The second kappa shape index (κ2) is 4.92. The first-order chi connectivity index (χ1) is 11.3. The number of fused-ring (bicyclic) bond motifs is 2. The van der Waals surface area contributed by atoms with Gasteiger partial charge in [-0.2, -0.15) is 0 Å². The van der Waals surface area contributed by atoms with E-state index in [1.54, 1.807) is 0 Å². The van der Waals surface area contributed by atoms with E-state index < -0.39 is 11.7 Å². The summed E-state index contributed by atoms with van der Waals surface area (Å²) in [7, 11) is 0. The van der Waals surface area contributed by atoms with Gasteiger partial charge in [-0.3, -0.25) is 0 Å². The molecule has 1 atom stereocenters. The zero-order valence-corrected chi connectivity index (χ0v) is 13.4. The average molecular weight is 326 g/mol. The maximum atomic E-state index is 10.2. The average Bonchev–Trinajstić information content (AvgIpc) is 2.88. The molecule has 0 saturated heterocycles. The third kappa shape index (κ3) is 2.37. The molecule has 0 aliphatic carbocycles. The van der Waals surface area contributed by atoms with Crippen molar-refractivity contribution in [2.45, 2.75) is 32.0 Å². The Morgan fingerprint density at radius 2 is 1.71 bits per heavy atom. The molecule has 3 N–H and O–H groups in total. The molecule has 0 saturated carbocycles. The van der Waals surface area contributed by atoms with Gasteiger partial charge in [0.15, 0.2) is 0 Å². The van der Waals surface area contributed by atoms with Crippen molar-refractivity contribution in [2.24, 2.45) is 0 Å². The Morgan fingerprint density at radius 1 is 1.00 bits per heavy atom. The molecule has 1 aliphatic rings. The summed E-state index contributed by atoms with van der Waals surface area (Å²) in [5.41, 5.74) is 1.52. The molecule has 0 unspecified atom stereocenters. The van der Waals surface area contributed by atoms with Crippen LogP contribution < -0.4 is 4.74 Å². The van der Waals surface area contributed by atoms with Gasteiger partial charge in [0.1, 0.15) is 34.2 Å². The fraction of sp³-hybridized carbons (Fsp3) is 0.263. The van der Waals surface area contributed by atoms with Crippen LogP contribution in [0.2, 0.25) is 0 Å². The van der Waals surface area contributed by atoms with Gasteiger partial charge in [0, 0.05) is 29.0 Å². The van der Waals surface area contributed by atoms with E-state index in [1.165, 1.54) is 18.2 Å². The quantitative estimate of drug-likeness (QED) is 0.636. The number of phenolic OH excluding ortho intramolecular Hbond substituents is 2. The first kappa shape index (κ1) is 14.9. The van der Waals surface area contributed by atoms with Crippen LogP contribution in [0.4, 0.5) is 0 Å². The van der Waals surface area contributed by atoms with E-state index in [-0.39, 0.29) is 11.5 Å². The van der Waals surface area contributed by atoms with Gasteiger partial charge in [0.05, 0.1) is 6.10 Å². The van der Waals surface area contributed by atoms with Gasteiger partial charge in [-0.25, -0.2) is 0 Å². The Labute approximate surface area is 138 Å². The van der Waals surface area contributed by atoms with Crippen LogP contribution in [0.5, 0.6) is 17.2 Å². The second-order valence-corrected chi connectivity index (χ2v) is 6.77. The number of aliphatic hydroxyl groups is 1. The minimum absolute atomic E-state index is 0.0297. The molecule has 2 heterocycles. The highest BCUT2D eigenvalue weighted by atomic mass is 16.5. The first-order valence-corrected chi connectivity index (χ1v) is 7.79. The lowest BCUT2D eigenvalue weighted by molar-refractivity contribution is -0.0410. The van der Waals surface area contributed by atoms with Crippen LogP contribution in [0.25, 0.3) is 22.3 Å². The molecule has 24 heavy (non-hydrogen) atoms. The minimum Gasteiger partial charge on any atom is -0.508 e. The van der Waals surface area contributed by atoms with Gasteiger partial charge in [-0.05, 0) is 44.2 Å². The van der Waals surface area contributed by atoms with Gasteiger partial charge in [0.2, 0.25) is 0 Å². The number of aliphatic hydroxyl groups excluding tert-OH is 1. The van der Waals surface area contributed by atoms with Crippen molar-refractivity contribution < 1.29 is 24.5 Å². The number of ether oxygens (including phenoxy) is 1. The molecule has 0 amide bonds. The lowest BCUT2D eigenvalue weighted by atomic mass is 9.91. The van der Waals surface area contributed by atoms with Crippen molar-refractivity contribution in [3.05, 3.63) is 42.0 Å². The smallest absolute Gasteiger partial charge is 0.135 e. The summed E-state index contributed by atoms with van der Waals surface area (Å²) in [6.45, 7) is 3.72. The van der Waals surface area contributed by atoms with Crippen LogP contribution in [-0.2, 0) is 6.42 Å². The SMILES string of the molecule is CC1(C)Oc2cc3cc(-c4cc(O)cc(O)c4)oc3cc2C[C@H]1O. The number of hydrogen-bond acceptors (Lipinski definition) is 5. The Bertz CT molecular complexity index is 918. The standard InChI is InChI=1S/C19H18O5/c1-19(2)18(22)8-12-6-16-11(7-17(12)24-19)5-15(23-16)10-3-13(20)9-14(21)4-10/h3-7,9,18,20-22H,8H2,1-2H3/t18-/m1/s1. The minimum atomic E-state index is -0.635. The predicted molar refractivity (Wildman–Crippen MR) is 89.4 cm³/mol. The van der Waals surface area contributed by atoms with E-state index in [2.05, 4.69) is 0 Å². The van der Waals surface area contributed by atoms with E-state index >= 15 is 0 Å². The summed E-state index contributed by atoms with van der Waals surface area (Å²) >= 11 is 0. The third-order valence-electron chi connectivity index (χ3n) is 4.48. The van der Waals surface area contributed by atoms with Crippen LogP contribution in [0.15, 0.2) is 40.8 Å². The fourth-order valence-corrected chi connectivity index (χ4v) is 3.05. The number of phenols is 2. The number of benzene rings is 2. The van der Waals surface area contributed by atoms with Crippen LogP contribution in [0, 0.1) is 0 Å². The highest BCUT2D eigenvalue weighted by Crippen LogP contribution is 2.39. The third-order valence-corrected chi connectivity index (χ3v) is 4.48. The van der Waals surface area contributed by atoms with E-state index in [1.807, 2.05) is 32.0 Å². The molecule has 4 rings (SSSR count). The Hall–Kier alpha value is -2.66. The number of aromatic hydroxyl groups is 2. The van der Waals surface area contributed by atoms with Gasteiger partial charge in [-0.1, -0.05) is 0 Å². The molecule has 5 heteroatoms. The van der Waals surface area contributed by atoms with Crippen LogP contribution in [-0.4, -0.2) is 27.0 Å². The maximum absolute atomic E-state index is 10.2. The lowest BCUT2D eigenvalue weighted by Crippen LogP contribution is -2.46. The summed E-state index contributed by atoms with van der Waals surface area (Å²) in [5, 5.41) is 30.3. The van der Waals surface area contributed by atoms with Gasteiger partial charge in [0.25, 0.3) is 0 Å². The Morgan fingerprint density at radius 3 is 2.42 bits per heavy atom. The summed E-state index contributed by atoms with van der Waals surface area (Å²) < 4.78 is 11.8. The van der Waals surface area contributed by atoms with Crippen LogP contribution in [0.3, 0.4) is 0 Å². The molecule has 2 aromatic carbocycles. The van der Waals surface area contributed by atoms with Crippen molar-refractivity contribution in [1.82, 2.24) is 0 Å². The summed E-state index contributed by atoms with van der Waals surface area (Å²) in [4.78, 5) is 0. The van der Waals surface area contributed by atoms with E-state index in [4.69, 9.17) is 9.15 Å². The first-order valence-electron chi connectivity index (χ1n) is 7.79. The molecular formula is C19H18O5. The van der Waals surface area contributed by atoms with Crippen molar-refractivity contribution in [2.75, 3.05) is 0 Å². The topological polar surface area (TPSA) is 83.1 Å². The molecule has 124 valence electrons. The fourth-order valence-electron chi connectivity index (χ4n) is 3.05. The zero-order valence-electron chi connectivity index (χ0n) is 13.4. The Balaban J connectivity index is 1.82. The summed E-state index contributed by atoms with van der Waals surface area (Å²) in [6.07, 6.45) is -0.0822. The highest BCUT2D eigenvalue weighted by molar-refractivity contribution is 5.85. The second-order valence-electron chi connectivity index (χ2n) is 6.77. The predicted octanol–water partition coefficient (Wildman–Crippen LogP) is 3.59. The molecule has 1 aromatic heterocycles. The molecule has 3 aromatic rings. The molecular weight excluding hydrogens is 308 g/mol. The van der Waals surface area contributed by atoms with Gasteiger partial charge in [-0.15, -0.1) is 0 Å². The zero-order chi connectivity index (χ0) is 17.1. The largest absolute Gasteiger partial charge is 0.508 e. The van der Waals surface area contributed by atoms with Gasteiger partial charge >= 0.3 is 0 Å². The summed E-state index contributed by atoms with van der Waals surface area (Å²) in [5.74, 6) is 1.22. The number of furan rings is 1.